The standard InChI is InChI=1S/C19H22BrN5O2/c1-3-11-25-19(22-23-24-25)21-12-15-16(20)9-10-17(26-2)18(15)27-13-14-7-5-4-6-8-14/h4-10H,3,11-13H2,1-2H3,(H,21,22,24). The van der Waals surface area contributed by atoms with E-state index in [2.05, 4.69) is 43.7 Å². The van der Waals surface area contributed by atoms with Gasteiger partial charge in [-0.2, -0.15) is 0 Å². The minimum atomic E-state index is 0.453. The monoisotopic (exact) mass is 431 g/mol. The first-order valence-electron chi connectivity index (χ1n) is 8.75. The van der Waals surface area contributed by atoms with Crippen molar-refractivity contribution < 1.29 is 9.47 Å². The van der Waals surface area contributed by atoms with Gasteiger partial charge in [-0.15, -0.1) is 0 Å². The Balaban J connectivity index is 1.81. The molecule has 7 nitrogen and oxygen atoms in total. The number of halogens is 1. The molecule has 0 spiro atoms. The first-order valence-corrected chi connectivity index (χ1v) is 9.54. The Morgan fingerprint density at radius 3 is 2.70 bits per heavy atom. The number of nitrogens with zero attached hydrogens (tertiary/aromatic N) is 4. The van der Waals surface area contributed by atoms with Crippen LogP contribution < -0.4 is 14.8 Å². The van der Waals surface area contributed by atoms with E-state index in [9.17, 15) is 0 Å². The number of anilines is 1. The van der Waals surface area contributed by atoms with Gasteiger partial charge in [0.2, 0.25) is 5.95 Å². The third-order valence-corrected chi connectivity index (χ3v) is 4.75. The van der Waals surface area contributed by atoms with E-state index in [-0.39, 0.29) is 0 Å². The Labute approximate surface area is 166 Å². The molecule has 1 aromatic heterocycles. The molecule has 3 aromatic rings. The van der Waals surface area contributed by atoms with Crippen molar-refractivity contribution in [2.75, 3.05) is 12.4 Å². The molecule has 0 atom stereocenters. The van der Waals surface area contributed by atoms with Gasteiger partial charge in [0.15, 0.2) is 11.5 Å². The fourth-order valence-corrected chi connectivity index (χ4v) is 3.11. The second-order valence-electron chi connectivity index (χ2n) is 5.91. The number of tetrazole rings is 1. The summed E-state index contributed by atoms with van der Waals surface area (Å²) in [7, 11) is 1.64. The van der Waals surface area contributed by atoms with Gasteiger partial charge in [-0.25, -0.2) is 4.68 Å². The molecule has 0 saturated carbocycles. The fraction of sp³-hybridized carbons (Fsp3) is 0.316. The van der Waals surface area contributed by atoms with Gasteiger partial charge in [0.25, 0.3) is 0 Å². The van der Waals surface area contributed by atoms with Crippen molar-refractivity contribution in [1.82, 2.24) is 20.2 Å². The lowest BCUT2D eigenvalue weighted by Crippen LogP contribution is -2.11. The van der Waals surface area contributed by atoms with Crippen LogP contribution in [0.2, 0.25) is 0 Å². The van der Waals surface area contributed by atoms with Gasteiger partial charge in [-0.1, -0.05) is 58.3 Å². The highest BCUT2D eigenvalue weighted by Gasteiger charge is 2.16. The molecule has 1 N–H and O–H groups in total. The molecule has 0 bridgehead atoms. The van der Waals surface area contributed by atoms with Crippen LogP contribution in [-0.2, 0) is 19.7 Å². The molecule has 142 valence electrons. The average molecular weight is 432 g/mol. The van der Waals surface area contributed by atoms with Crippen molar-refractivity contribution in [3.63, 3.8) is 0 Å². The summed E-state index contributed by atoms with van der Waals surface area (Å²) in [5, 5.41) is 15.1. The summed E-state index contributed by atoms with van der Waals surface area (Å²) in [6, 6.07) is 13.9. The van der Waals surface area contributed by atoms with Gasteiger partial charge >= 0.3 is 0 Å². The van der Waals surface area contributed by atoms with Gasteiger partial charge in [0, 0.05) is 23.1 Å². The van der Waals surface area contributed by atoms with Crippen LogP contribution in [0, 0.1) is 0 Å². The first-order chi connectivity index (χ1) is 13.2. The number of hydrogen-bond acceptors (Lipinski definition) is 6. The molecule has 0 aliphatic heterocycles. The van der Waals surface area contributed by atoms with Crippen LogP contribution in [0.15, 0.2) is 46.9 Å². The molecular formula is C19H22BrN5O2. The van der Waals surface area contributed by atoms with Crippen molar-refractivity contribution in [2.24, 2.45) is 0 Å². The molecule has 0 aliphatic carbocycles. The Morgan fingerprint density at radius 1 is 1.15 bits per heavy atom. The van der Waals surface area contributed by atoms with Crippen LogP contribution in [-0.4, -0.2) is 27.3 Å². The molecule has 3 rings (SSSR count). The van der Waals surface area contributed by atoms with E-state index in [1.807, 2.05) is 42.5 Å². The molecule has 1 heterocycles. The molecule has 0 radical (unpaired) electrons. The summed E-state index contributed by atoms with van der Waals surface area (Å²) in [5.41, 5.74) is 2.03. The summed E-state index contributed by atoms with van der Waals surface area (Å²) in [6.45, 7) is 3.78. The molecule has 0 saturated heterocycles. The maximum absolute atomic E-state index is 6.12. The van der Waals surface area contributed by atoms with Crippen LogP contribution >= 0.6 is 15.9 Å². The third kappa shape index (κ3) is 4.77. The number of aryl methyl sites for hydroxylation is 1. The number of benzene rings is 2. The lowest BCUT2D eigenvalue weighted by Gasteiger charge is -2.17. The van der Waals surface area contributed by atoms with E-state index < -0.39 is 0 Å². The highest BCUT2D eigenvalue weighted by molar-refractivity contribution is 9.10. The van der Waals surface area contributed by atoms with Gasteiger partial charge in [0.1, 0.15) is 6.61 Å². The van der Waals surface area contributed by atoms with E-state index in [0.29, 0.717) is 30.6 Å². The van der Waals surface area contributed by atoms with Crippen LogP contribution in [0.5, 0.6) is 11.5 Å². The summed E-state index contributed by atoms with van der Waals surface area (Å²) in [6.07, 6.45) is 0.952. The maximum Gasteiger partial charge on any atom is 0.243 e. The molecule has 2 aromatic carbocycles. The number of methoxy groups -OCH3 is 1. The van der Waals surface area contributed by atoms with Crippen LogP contribution in [0.3, 0.4) is 0 Å². The smallest absolute Gasteiger partial charge is 0.243 e. The number of nitrogens with one attached hydrogen (secondary N) is 1. The van der Waals surface area contributed by atoms with Gasteiger partial charge in [0.05, 0.1) is 7.11 Å². The van der Waals surface area contributed by atoms with Crippen molar-refractivity contribution in [3.8, 4) is 11.5 Å². The van der Waals surface area contributed by atoms with E-state index in [1.165, 1.54) is 0 Å². The number of aromatic nitrogens is 4. The quantitative estimate of drug-likeness (QED) is 0.550. The van der Waals surface area contributed by atoms with E-state index in [4.69, 9.17) is 9.47 Å². The molecule has 8 heteroatoms. The lowest BCUT2D eigenvalue weighted by molar-refractivity contribution is 0.281. The zero-order valence-electron chi connectivity index (χ0n) is 15.4. The summed E-state index contributed by atoms with van der Waals surface area (Å²) in [4.78, 5) is 0. The Morgan fingerprint density at radius 2 is 1.96 bits per heavy atom. The number of hydrogen-bond donors (Lipinski definition) is 1. The van der Waals surface area contributed by atoms with Crippen LogP contribution in [0.1, 0.15) is 24.5 Å². The molecular weight excluding hydrogens is 410 g/mol. The molecule has 27 heavy (non-hydrogen) atoms. The zero-order chi connectivity index (χ0) is 19.1. The average Bonchev–Trinajstić information content (AvgIpc) is 3.14. The maximum atomic E-state index is 6.12. The Hall–Kier alpha value is -2.61. The first kappa shape index (κ1) is 19.2. The predicted molar refractivity (Wildman–Crippen MR) is 107 cm³/mol. The second-order valence-corrected chi connectivity index (χ2v) is 6.77. The number of ether oxygens (including phenoxy) is 2. The van der Waals surface area contributed by atoms with Crippen molar-refractivity contribution in [2.45, 2.75) is 33.0 Å². The second kappa shape index (κ2) is 9.36. The molecule has 0 unspecified atom stereocenters. The third-order valence-electron chi connectivity index (χ3n) is 4.00. The van der Waals surface area contributed by atoms with E-state index in [1.54, 1.807) is 11.8 Å². The Bertz CT molecular complexity index is 870. The SMILES string of the molecule is CCCn1nnnc1NCc1c(Br)ccc(OC)c1OCc1ccccc1. The van der Waals surface area contributed by atoms with Gasteiger partial charge < -0.3 is 14.8 Å². The fourth-order valence-electron chi connectivity index (χ4n) is 2.66. The van der Waals surface area contributed by atoms with E-state index in [0.717, 1.165) is 28.6 Å². The largest absolute Gasteiger partial charge is 0.493 e. The Kier molecular flexibility index (Phi) is 6.64. The predicted octanol–water partition coefficient (Wildman–Crippen LogP) is 4.05. The van der Waals surface area contributed by atoms with Gasteiger partial charge in [-0.3, -0.25) is 0 Å². The van der Waals surface area contributed by atoms with Crippen molar-refractivity contribution in [3.05, 3.63) is 58.1 Å². The minimum Gasteiger partial charge on any atom is -0.493 e. The highest BCUT2D eigenvalue weighted by Crippen LogP contribution is 2.37. The summed E-state index contributed by atoms with van der Waals surface area (Å²) in [5.74, 6) is 2.00. The highest BCUT2D eigenvalue weighted by atomic mass is 79.9. The van der Waals surface area contributed by atoms with Crippen LogP contribution in [0.4, 0.5) is 5.95 Å². The lowest BCUT2D eigenvalue weighted by atomic mass is 10.1. The molecule has 0 amide bonds. The summed E-state index contributed by atoms with van der Waals surface area (Å²) < 4.78 is 14.3. The normalized spacial score (nSPS) is 10.6. The van der Waals surface area contributed by atoms with Crippen molar-refractivity contribution in [1.29, 1.82) is 0 Å². The van der Waals surface area contributed by atoms with E-state index >= 15 is 0 Å². The van der Waals surface area contributed by atoms with Gasteiger partial charge in [-0.05, 0) is 34.5 Å². The molecule has 0 fully saturated rings. The van der Waals surface area contributed by atoms with Crippen molar-refractivity contribution >= 4 is 21.9 Å². The minimum absolute atomic E-state index is 0.453. The van der Waals surface area contributed by atoms with Crippen LogP contribution in [0.25, 0.3) is 0 Å². The number of rotatable bonds is 9. The summed E-state index contributed by atoms with van der Waals surface area (Å²) >= 11 is 3.62. The zero-order valence-corrected chi connectivity index (χ0v) is 16.9. The topological polar surface area (TPSA) is 74.1 Å². The molecule has 0 aliphatic rings.